The molecule has 0 spiro atoms. The lowest BCUT2D eigenvalue weighted by Crippen LogP contribution is -2.53. The van der Waals surface area contributed by atoms with E-state index in [1.165, 1.54) is 31.2 Å². The smallest absolute Gasteiger partial charge is 0.276 e. The van der Waals surface area contributed by atoms with Gasteiger partial charge in [0, 0.05) is 37.9 Å². The van der Waals surface area contributed by atoms with Crippen molar-refractivity contribution in [3.05, 3.63) is 69.7 Å². The van der Waals surface area contributed by atoms with Gasteiger partial charge >= 0.3 is 0 Å². The van der Waals surface area contributed by atoms with Crippen molar-refractivity contribution in [1.82, 2.24) is 19.8 Å². The lowest BCUT2D eigenvalue weighted by Gasteiger charge is -2.42. The first-order valence-electron chi connectivity index (χ1n) is 13.1. The monoisotopic (exact) mass is 582 g/mol. The van der Waals surface area contributed by atoms with Crippen LogP contribution >= 0.6 is 23.2 Å². The van der Waals surface area contributed by atoms with Crippen LogP contribution in [0.5, 0.6) is 0 Å². The Hall–Kier alpha value is -3.49. The van der Waals surface area contributed by atoms with Crippen LogP contribution in [-0.4, -0.2) is 78.0 Å². The summed E-state index contributed by atoms with van der Waals surface area (Å²) in [7, 11) is 2.17. The highest BCUT2D eigenvalue weighted by molar-refractivity contribution is 6.35. The molecular weight excluding hydrogens is 554 g/mol. The van der Waals surface area contributed by atoms with Crippen molar-refractivity contribution in [2.75, 3.05) is 61.8 Å². The fraction of sp³-hybridized carbons (Fsp3) is 0.357. The summed E-state index contributed by atoms with van der Waals surface area (Å²) in [5.74, 6) is -0.957. The van der Waals surface area contributed by atoms with Crippen molar-refractivity contribution >= 4 is 52.1 Å². The minimum Gasteiger partial charge on any atom is -0.367 e. The van der Waals surface area contributed by atoms with Gasteiger partial charge in [-0.3, -0.25) is 9.69 Å². The second-order valence-corrected chi connectivity index (χ2v) is 10.8. The number of likely N-dealkylation sites (tertiary alicyclic amines) is 1. The number of nitriles is 1. The van der Waals surface area contributed by atoms with E-state index in [1.807, 2.05) is 6.07 Å². The number of nitrogens with zero attached hydrogens (tertiary/aromatic N) is 6. The number of para-hydroxylation sites is 1. The number of nitrogens with one attached hydrogen (secondary N) is 2. The van der Waals surface area contributed by atoms with Gasteiger partial charge in [0.2, 0.25) is 5.95 Å². The topological polar surface area (TPSA) is 100 Å². The molecule has 3 heterocycles. The third-order valence-electron chi connectivity index (χ3n) is 7.40. The van der Waals surface area contributed by atoms with Crippen LogP contribution in [0.15, 0.2) is 42.6 Å². The van der Waals surface area contributed by atoms with Gasteiger partial charge in [0.15, 0.2) is 5.69 Å². The summed E-state index contributed by atoms with van der Waals surface area (Å²) < 4.78 is 15.2. The second-order valence-electron chi connectivity index (χ2n) is 9.97. The lowest BCUT2D eigenvalue weighted by molar-refractivity contribution is 0.102. The number of hydrogen-bond donors (Lipinski definition) is 2. The number of piperidine rings is 1. The molecule has 0 saturated carbocycles. The van der Waals surface area contributed by atoms with Crippen molar-refractivity contribution in [3.63, 3.8) is 0 Å². The average Bonchev–Trinajstić information content (AvgIpc) is 2.96. The summed E-state index contributed by atoms with van der Waals surface area (Å²) in [6.45, 7) is 5.63. The molecule has 12 heteroatoms. The predicted octanol–water partition coefficient (Wildman–Crippen LogP) is 5.01. The van der Waals surface area contributed by atoms with Crippen molar-refractivity contribution in [2.24, 2.45) is 0 Å². The quantitative estimate of drug-likeness (QED) is 0.418. The molecular formula is C28H29Cl2FN8O. The number of carbonyl (C=O) groups is 1. The Morgan fingerprint density at radius 3 is 2.52 bits per heavy atom. The van der Waals surface area contributed by atoms with Crippen molar-refractivity contribution < 1.29 is 9.18 Å². The van der Waals surface area contributed by atoms with Crippen LogP contribution in [0.1, 0.15) is 28.9 Å². The van der Waals surface area contributed by atoms with E-state index in [0.29, 0.717) is 17.4 Å². The SMILES string of the molecule is CN1CCC(N2CCN(c3ccc(Nc4ncc(Cl)c(C(=O)Nc5c(Cl)cccc5C#N)n4)cc3F)CC2)CC1. The minimum absolute atomic E-state index is 0.00882. The molecule has 2 fully saturated rings. The molecule has 2 saturated heterocycles. The molecule has 0 unspecified atom stereocenters. The van der Waals surface area contributed by atoms with Crippen LogP contribution in [0.3, 0.4) is 0 Å². The van der Waals surface area contributed by atoms with Crippen LogP contribution in [0.2, 0.25) is 10.0 Å². The van der Waals surface area contributed by atoms with Crippen LogP contribution in [0.4, 0.5) is 27.4 Å². The predicted molar refractivity (Wildman–Crippen MR) is 155 cm³/mol. The fourth-order valence-electron chi connectivity index (χ4n) is 5.16. The van der Waals surface area contributed by atoms with E-state index in [2.05, 4.69) is 42.3 Å². The maximum Gasteiger partial charge on any atom is 0.276 e. The molecule has 2 aromatic carbocycles. The maximum atomic E-state index is 15.2. The molecule has 0 atom stereocenters. The number of carbonyl (C=O) groups excluding carboxylic acids is 1. The number of anilines is 4. The zero-order valence-corrected chi connectivity index (χ0v) is 23.5. The fourth-order valence-corrected chi connectivity index (χ4v) is 5.56. The number of rotatable bonds is 6. The number of aromatic nitrogens is 2. The molecule has 1 amide bonds. The summed E-state index contributed by atoms with van der Waals surface area (Å²) in [5, 5.41) is 15.1. The van der Waals surface area contributed by atoms with Crippen molar-refractivity contribution in [3.8, 4) is 6.07 Å². The first-order valence-corrected chi connectivity index (χ1v) is 13.8. The Kier molecular flexibility index (Phi) is 8.66. The molecule has 1 aromatic heterocycles. The van der Waals surface area contributed by atoms with Crippen molar-refractivity contribution in [1.29, 1.82) is 5.26 Å². The van der Waals surface area contributed by atoms with E-state index in [9.17, 15) is 10.1 Å². The van der Waals surface area contributed by atoms with Crippen LogP contribution < -0.4 is 15.5 Å². The van der Waals surface area contributed by atoms with Crippen LogP contribution in [0, 0.1) is 17.1 Å². The third-order valence-corrected chi connectivity index (χ3v) is 7.99. The molecule has 0 aliphatic carbocycles. The van der Waals surface area contributed by atoms with Crippen LogP contribution in [0.25, 0.3) is 0 Å². The zero-order valence-electron chi connectivity index (χ0n) is 22.0. The molecule has 2 aliphatic rings. The van der Waals surface area contributed by atoms with Crippen LogP contribution in [-0.2, 0) is 0 Å². The van der Waals surface area contributed by atoms with E-state index >= 15 is 4.39 Å². The first-order chi connectivity index (χ1) is 19.3. The number of amides is 1. The highest BCUT2D eigenvalue weighted by atomic mass is 35.5. The standard InChI is InChI=1S/C28H29Cl2FN8O/c1-37-9-7-20(8-10-37)38-11-13-39(14-12-38)24-6-5-19(15-23(24)31)34-28-33-17-22(30)26(36-28)27(40)35-25-18(16-32)3-2-4-21(25)29/h2-6,15,17,20H,7-14H2,1H3,(H,35,40)(H,33,34,36). The van der Waals surface area contributed by atoms with Gasteiger partial charge in [-0.15, -0.1) is 0 Å². The Morgan fingerprint density at radius 2 is 1.82 bits per heavy atom. The van der Waals surface area contributed by atoms with Gasteiger partial charge in [0.05, 0.1) is 33.2 Å². The molecule has 3 aromatic rings. The summed E-state index contributed by atoms with van der Waals surface area (Å²) >= 11 is 12.4. The first kappa shape index (κ1) is 28.1. The normalized spacial score (nSPS) is 16.9. The molecule has 40 heavy (non-hydrogen) atoms. The van der Waals surface area contributed by atoms with E-state index in [1.54, 1.807) is 24.3 Å². The van der Waals surface area contributed by atoms with Gasteiger partial charge in [0.25, 0.3) is 5.91 Å². The van der Waals surface area contributed by atoms with Gasteiger partial charge in [-0.05, 0) is 63.3 Å². The number of halogens is 3. The summed E-state index contributed by atoms with van der Waals surface area (Å²) in [6.07, 6.45) is 3.64. The molecule has 0 bridgehead atoms. The maximum absolute atomic E-state index is 15.2. The van der Waals surface area contributed by atoms with E-state index in [-0.39, 0.29) is 38.8 Å². The number of benzene rings is 2. The van der Waals surface area contributed by atoms with Crippen molar-refractivity contribution in [2.45, 2.75) is 18.9 Å². The minimum atomic E-state index is -0.666. The van der Waals surface area contributed by atoms with E-state index in [0.717, 1.165) is 39.3 Å². The average molecular weight is 583 g/mol. The van der Waals surface area contributed by atoms with E-state index in [4.69, 9.17) is 23.2 Å². The van der Waals surface area contributed by atoms with Gasteiger partial charge < -0.3 is 20.4 Å². The second kappa shape index (κ2) is 12.4. The Balaban J connectivity index is 1.24. The molecule has 2 N–H and O–H groups in total. The van der Waals surface area contributed by atoms with E-state index < -0.39 is 5.91 Å². The van der Waals surface area contributed by atoms with Gasteiger partial charge in [-0.25, -0.2) is 14.4 Å². The summed E-state index contributed by atoms with van der Waals surface area (Å²) in [5.41, 5.74) is 1.22. The van der Waals surface area contributed by atoms with Gasteiger partial charge in [-0.1, -0.05) is 29.3 Å². The Morgan fingerprint density at radius 1 is 1.07 bits per heavy atom. The molecule has 5 rings (SSSR count). The molecule has 9 nitrogen and oxygen atoms in total. The molecule has 208 valence electrons. The molecule has 0 radical (unpaired) electrons. The largest absolute Gasteiger partial charge is 0.367 e. The number of hydrogen-bond acceptors (Lipinski definition) is 8. The lowest BCUT2D eigenvalue weighted by atomic mass is 10.0. The summed E-state index contributed by atoms with van der Waals surface area (Å²) in [6, 6.07) is 12.2. The Bertz CT molecular complexity index is 1430. The highest BCUT2D eigenvalue weighted by Crippen LogP contribution is 2.29. The zero-order chi connectivity index (χ0) is 28.2. The highest BCUT2D eigenvalue weighted by Gasteiger charge is 2.27. The summed E-state index contributed by atoms with van der Waals surface area (Å²) in [4.78, 5) is 28.2. The number of piperazine rings is 1. The molecule has 2 aliphatic heterocycles. The Labute approximate surface area is 242 Å². The third kappa shape index (κ3) is 6.29. The van der Waals surface area contributed by atoms with Gasteiger partial charge in [0.1, 0.15) is 11.9 Å². The van der Waals surface area contributed by atoms with Gasteiger partial charge in [-0.2, -0.15) is 5.26 Å².